The number of allylic oxidation sites excluding steroid dienone is 14. The zero-order chi connectivity index (χ0) is 46.2. The zero-order valence-electron chi connectivity index (χ0n) is 38.6. The number of carbonyl (C=O) groups excluding carboxylic acids is 1. The largest absolute Gasteiger partial charge is 0.472 e. The number of phosphoric ester groups is 1. The Bertz CT molecular complexity index is 1360. The van der Waals surface area contributed by atoms with Crippen molar-refractivity contribution in [2.24, 2.45) is 0 Å². The van der Waals surface area contributed by atoms with Gasteiger partial charge in [0.05, 0.1) is 13.2 Å². The molecule has 0 aromatic heterocycles. The molecule has 0 amide bonds. The molecular weight excluding hydrogens is 824 g/mol. The molecule has 1 aliphatic carbocycles. The summed E-state index contributed by atoms with van der Waals surface area (Å²) in [5.41, 5.74) is 0. The zero-order valence-corrected chi connectivity index (χ0v) is 39.5. The van der Waals surface area contributed by atoms with E-state index in [0.29, 0.717) is 19.4 Å². The number of phosphoric acid groups is 1. The molecule has 0 aromatic carbocycles. The van der Waals surface area contributed by atoms with Gasteiger partial charge in [0.15, 0.2) is 0 Å². The van der Waals surface area contributed by atoms with E-state index in [4.69, 9.17) is 18.5 Å². The maximum atomic E-state index is 12.8. The number of unbranched alkanes of at least 4 members (excludes halogenated alkanes) is 13. The Morgan fingerprint density at radius 1 is 0.524 bits per heavy atom. The van der Waals surface area contributed by atoms with Crippen LogP contribution in [0.4, 0.5) is 0 Å². The summed E-state index contributed by atoms with van der Waals surface area (Å²) in [6.45, 7) is 3.98. The van der Waals surface area contributed by atoms with Gasteiger partial charge in [0.1, 0.15) is 42.7 Å². The molecule has 0 saturated heterocycles. The van der Waals surface area contributed by atoms with Crippen molar-refractivity contribution in [3.63, 3.8) is 0 Å². The Morgan fingerprint density at radius 2 is 0.937 bits per heavy atom. The lowest BCUT2D eigenvalue weighted by Crippen LogP contribution is -2.64. The van der Waals surface area contributed by atoms with Crippen molar-refractivity contribution in [3.05, 3.63) is 85.1 Å². The molecule has 1 aliphatic rings. The highest BCUT2D eigenvalue weighted by molar-refractivity contribution is 7.47. The average Bonchev–Trinajstić information content (AvgIpc) is 3.27. The van der Waals surface area contributed by atoms with Gasteiger partial charge in [0.25, 0.3) is 0 Å². The molecule has 1 rings (SSSR count). The lowest BCUT2D eigenvalue weighted by atomic mass is 9.85. The molecule has 0 heterocycles. The van der Waals surface area contributed by atoms with Crippen LogP contribution in [0.1, 0.15) is 162 Å². The first-order chi connectivity index (χ1) is 30.5. The van der Waals surface area contributed by atoms with E-state index in [1.54, 1.807) is 0 Å². The maximum absolute atomic E-state index is 12.8. The predicted molar refractivity (Wildman–Crippen MR) is 253 cm³/mol. The molecule has 1 fully saturated rings. The second kappa shape index (κ2) is 39.8. The van der Waals surface area contributed by atoms with Gasteiger partial charge in [0.2, 0.25) is 0 Å². The van der Waals surface area contributed by atoms with Crippen molar-refractivity contribution in [1.29, 1.82) is 0 Å². The molecule has 0 radical (unpaired) electrons. The quantitative estimate of drug-likeness (QED) is 0.0148. The first kappa shape index (κ1) is 58.5. The minimum Gasteiger partial charge on any atom is -0.457 e. The van der Waals surface area contributed by atoms with Crippen LogP contribution in [0.25, 0.3) is 0 Å². The van der Waals surface area contributed by atoms with E-state index in [2.05, 4.69) is 98.9 Å². The van der Waals surface area contributed by atoms with Gasteiger partial charge in [-0.2, -0.15) is 0 Å². The normalized spacial score (nSPS) is 22.6. The van der Waals surface area contributed by atoms with Crippen molar-refractivity contribution < 1.29 is 58.3 Å². The molecule has 362 valence electrons. The maximum Gasteiger partial charge on any atom is 0.472 e. The molecule has 0 spiro atoms. The van der Waals surface area contributed by atoms with Crippen LogP contribution >= 0.6 is 7.82 Å². The third kappa shape index (κ3) is 31.9. The molecule has 63 heavy (non-hydrogen) atoms. The highest BCUT2D eigenvalue weighted by Gasteiger charge is 2.51. The number of aliphatic hydroxyl groups excluding tert-OH is 5. The summed E-state index contributed by atoms with van der Waals surface area (Å²) in [7, 11) is -5.04. The van der Waals surface area contributed by atoms with Crippen LogP contribution in [-0.4, -0.2) is 98.9 Å². The summed E-state index contributed by atoms with van der Waals surface area (Å²) in [6, 6.07) is 0. The van der Waals surface area contributed by atoms with Crippen molar-refractivity contribution in [3.8, 4) is 0 Å². The molecule has 12 nitrogen and oxygen atoms in total. The monoisotopic (exact) mass is 909 g/mol. The van der Waals surface area contributed by atoms with Crippen molar-refractivity contribution in [1.82, 2.24) is 0 Å². The molecule has 6 unspecified atom stereocenters. The van der Waals surface area contributed by atoms with Crippen LogP contribution in [0.15, 0.2) is 85.1 Å². The minimum absolute atomic E-state index is 0.125. The summed E-state index contributed by atoms with van der Waals surface area (Å²) < 4.78 is 34.1. The summed E-state index contributed by atoms with van der Waals surface area (Å²) in [5, 5.41) is 50.2. The number of esters is 1. The number of ether oxygens (including phenoxy) is 2. The fourth-order valence-corrected chi connectivity index (χ4v) is 7.69. The number of hydrogen-bond acceptors (Lipinski definition) is 11. The van der Waals surface area contributed by atoms with E-state index < -0.39 is 63.1 Å². The summed E-state index contributed by atoms with van der Waals surface area (Å²) in [5.74, 6) is -0.509. The van der Waals surface area contributed by atoms with Gasteiger partial charge in [0, 0.05) is 13.0 Å². The van der Waals surface area contributed by atoms with Crippen molar-refractivity contribution >= 4 is 13.8 Å². The van der Waals surface area contributed by atoms with E-state index in [1.807, 2.05) is 0 Å². The summed E-state index contributed by atoms with van der Waals surface area (Å²) in [4.78, 5) is 23.2. The van der Waals surface area contributed by atoms with Crippen LogP contribution in [0.5, 0.6) is 0 Å². The fraction of sp³-hybridized carbons (Fsp3) is 0.700. The van der Waals surface area contributed by atoms with Crippen LogP contribution in [0.2, 0.25) is 0 Å². The predicted octanol–water partition coefficient (Wildman–Crippen LogP) is 10.1. The topological polar surface area (TPSA) is 192 Å². The fourth-order valence-electron chi connectivity index (χ4n) is 6.72. The van der Waals surface area contributed by atoms with Gasteiger partial charge < -0.3 is 39.9 Å². The highest BCUT2D eigenvalue weighted by Crippen LogP contribution is 2.47. The second-order valence-corrected chi connectivity index (χ2v) is 17.6. The lowest BCUT2D eigenvalue weighted by molar-refractivity contribution is -0.220. The number of hydrogen-bond donors (Lipinski definition) is 6. The molecule has 13 heteroatoms. The van der Waals surface area contributed by atoms with Crippen molar-refractivity contribution in [2.75, 3.05) is 19.8 Å². The van der Waals surface area contributed by atoms with Crippen LogP contribution in [0, 0.1) is 0 Å². The van der Waals surface area contributed by atoms with E-state index in [9.17, 15) is 39.8 Å². The lowest BCUT2D eigenvalue weighted by Gasteiger charge is -2.41. The SMILES string of the molecule is CC/C=C\C/C=C\C/C=C\C/C=C\C/C=C\C/C=C\CCCOCC(COP(=O)(O)OC1C(O)C(O)C(O)C(O)C1O)OC(=O)CCCCCCC/C=C\CCCCCCCCC. The first-order valence-corrected chi connectivity index (χ1v) is 25.4. The Balaban J connectivity index is 2.45. The molecular formula is C50H85O12P. The van der Waals surface area contributed by atoms with Gasteiger partial charge in [-0.05, 0) is 83.5 Å². The number of rotatable bonds is 39. The standard InChI is InChI=1S/C50H85O12P/c1-3-5-7-9-11-13-15-17-19-21-22-23-24-26-28-30-32-34-36-38-40-59-41-43(42-60-63(57,58)62-50-48(55)46(53)45(52)47(54)49(50)56)61-44(51)39-37-35-33-31-29-27-25-20-18-16-14-12-10-8-6-4-2/h5,7,11,13,17,19-20,22-23,25-26,28,32,34,43,45-50,52-56H,3-4,6,8-10,12,14-16,18,21,24,27,29-31,33,35-42H2,1-2H3,(H,57,58)/b7-5-,13-11-,19-17-,23-22-,25-20-,28-26-,34-32-. The van der Waals surface area contributed by atoms with E-state index in [1.165, 1.54) is 44.9 Å². The van der Waals surface area contributed by atoms with Gasteiger partial charge in [-0.25, -0.2) is 4.57 Å². The van der Waals surface area contributed by atoms with Crippen molar-refractivity contribution in [2.45, 2.75) is 204 Å². The third-order valence-electron chi connectivity index (χ3n) is 10.5. The van der Waals surface area contributed by atoms with E-state index >= 15 is 0 Å². The minimum atomic E-state index is -5.04. The van der Waals surface area contributed by atoms with Gasteiger partial charge in [-0.1, -0.05) is 157 Å². The molecule has 0 bridgehead atoms. The van der Waals surface area contributed by atoms with Crippen LogP contribution < -0.4 is 0 Å². The molecule has 6 atom stereocenters. The number of carbonyl (C=O) groups is 1. The van der Waals surface area contributed by atoms with Crippen LogP contribution in [0.3, 0.4) is 0 Å². The van der Waals surface area contributed by atoms with E-state index in [0.717, 1.165) is 83.5 Å². The van der Waals surface area contributed by atoms with E-state index in [-0.39, 0.29) is 13.0 Å². The Hall–Kier alpha value is -2.48. The smallest absolute Gasteiger partial charge is 0.457 e. The van der Waals surface area contributed by atoms with Gasteiger partial charge in [-0.15, -0.1) is 0 Å². The second-order valence-electron chi connectivity index (χ2n) is 16.2. The van der Waals surface area contributed by atoms with Gasteiger partial charge >= 0.3 is 13.8 Å². The Morgan fingerprint density at radius 3 is 1.44 bits per heavy atom. The summed E-state index contributed by atoms with van der Waals surface area (Å²) >= 11 is 0. The average molecular weight is 909 g/mol. The molecule has 1 saturated carbocycles. The number of aliphatic hydroxyl groups is 5. The highest BCUT2D eigenvalue weighted by atomic mass is 31.2. The van der Waals surface area contributed by atoms with Crippen LogP contribution in [-0.2, 0) is 27.9 Å². The van der Waals surface area contributed by atoms with Gasteiger partial charge in [-0.3, -0.25) is 13.8 Å². The molecule has 0 aromatic rings. The summed E-state index contributed by atoms with van der Waals surface area (Å²) in [6.07, 6.45) is 40.9. The molecule has 0 aliphatic heterocycles. The molecule has 6 N–H and O–H groups in total. The first-order valence-electron chi connectivity index (χ1n) is 23.9. The Labute approximate surface area is 380 Å². The third-order valence-corrected chi connectivity index (χ3v) is 11.5. The Kier molecular flexibility index (Phi) is 37.0.